The minimum atomic E-state index is -0.464. The number of fused-ring (bicyclic) bond motifs is 2. The van der Waals surface area contributed by atoms with Crippen LogP contribution in [-0.2, 0) is 0 Å². The third kappa shape index (κ3) is 3.41. The van der Waals surface area contributed by atoms with Gasteiger partial charge in [-0.2, -0.15) is 0 Å². The van der Waals surface area contributed by atoms with Crippen molar-refractivity contribution < 1.29 is 18.3 Å². The van der Waals surface area contributed by atoms with Crippen molar-refractivity contribution >= 4 is 21.9 Å². The molecule has 0 aliphatic carbocycles. The number of rotatable bonds is 4. The highest BCUT2D eigenvalue weighted by Crippen LogP contribution is 2.32. The van der Waals surface area contributed by atoms with Crippen molar-refractivity contribution in [3.05, 3.63) is 93.6 Å². The van der Waals surface area contributed by atoms with Gasteiger partial charge in [-0.25, -0.2) is 9.59 Å². The minimum absolute atomic E-state index is 0.413. The molecule has 0 amide bonds. The van der Waals surface area contributed by atoms with Gasteiger partial charge in [0.2, 0.25) is 0 Å². The van der Waals surface area contributed by atoms with Crippen molar-refractivity contribution in [3.8, 4) is 33.8 Å². The third-order valence-corrected chi connectivity index (χ3v) is 5.40. The Hall–Kier alpha value is -4.32. The number of hydrogen-bond acceptors (Lipinski definition) is 6. The van der Waals surface area contributed by atoms with Gasteiger partial charge in [-0.1, -0.05) is 18.2 Å². The minimum Gasteiger partial charge on any atom is -0.497 e. The van der Waals surface area contributed by atoms with Crippen LogP contribution >= 0.6 is 0 Å². The molecule has 0 aliphatic rings. The Morgan fingerprint density at radius 2 is 1.34 bits per heavy atom. The molecular weight excluding hydrogens is 408 g/mol. The van der Waals surface area contributed by atoms with Crippen LogP contribution in [0.3, 0.4) is 0 Å². The molecular formula is C26H18O6. The summed E-state index contributed by atoms with van der Waals surface area (Å²) in [4.78, 5) is 24.9. The molecule has 0 aliphatic heterocycles. The van der Waals surface area contributed by atoms with Gasteiger partial charge in [0.25, 0.3) is 0 Å². The van der Waals surface area contributed by atoms with Gasteiger partial charge in [0.15, 0.2) is 0 Å². The van der Waals surface area contributed by atoms with Crippen LogP contribution in [0.15, 0.2) is 91.2 Å². The second-order valence-electron chi connectivity index (χ2n) is 7.27. The first-order chi connectivity index (χ1) is 15.6. The van der Waals surface area contributed by atoms with Gasteiger partial charge in [0, 0.05) is 22.9 Å². The van der Waals surface area contributed by atoms with Gasteiger partial charge in [0.1, 0.15) is 22.7 Å². The summed E-state index contributed by atoms with van der Waals surface area (Å²) in [6, 6.07) is 21.2. The van der Waals surface area contributed by atoms with Crippen LogP contribution < -0.4 is 20.7 Å². The van der Waals surface area contributed by atoms with Crippen molar-refractivity contribution in [2.24, 2.45) is 0 Å². The average Bonchev–Trinajstić information content (AvgIpc) is 2.82. The van der Waals surface area contributed by atoms with Gasteiger partial charge in [-0.05, 0) is 59.2 Å². The first-order valence-electron chi connectivity index (χ1n) is 9.90. The largest absolute Gasteiger partial charge is 0.497 e. The second-order valence-corrected chi connectivity index (χ2v) is 7.27. The van der Waals surface area contributed by atoms with Gasteiger partial charge in [0.05, 0.1) is 19.8 Å². The molecule has 0 fully saturated rings. The Bertz CT molecular complexity index is 1580. The fourth-order valence-corrected chi connectivity index (χ4v) is 3.76. The number of methoxy groups -OCH3 is 2. The van der Waals surface area contributed by atoms with E-state index in [1.165, 1.54) is 6.07 Å². The van der Waals surface area contributed by atoms with Crippen molar-refractivity contribution in [2.75, 3.05) is 14.2 Å². The topological polar surface area (TPSA) is 78.9 Å². The van der Waals surface area contributed by atoms with Crippen molar-refractivity contribution in [1.82, 2.24) is 0 Å². The van der Waals surface area contributed by atoms with Crippen LogP contribution in [0.5, 0.6) is 11.5 Å². The van der Waals surface area contributed by atoms with E-state index in [1.54, 1.807) is 38.5 Å². The van der Waals surface area contributed by atoms with E-state index in [1.807, 2.05) is 42.5 Å². The van der Waals surface area contributed by atoms with E-state index in [-0.39, 0.29) is 0 Å². The lowest BCUT2D eigenvalue weighted by molar-refractivity contribution is 0.414. The van der Waals surface area contributed by atoms with E-state index in [2.05, 4.69) is 0 Å². The predicted molar refractivity (Wildman–Crippen MR) is 123 cm³/mol. The highest BCUT2D eigenvalue weighted by atomic mass is 16.5. The maximum absolute atomic E-state index is 12.8. The molecule has 0 radical (unpaired) electrons. The molecule has 2 heterocycles. The average molecular weight is 426 g/mol. The molecule has 6 heteroatoms. The molecule has 0 bridgehead atoms. The monoisotopic (exact) mass is 426 g/mol. The lowest BCUT2D eigenvalue weighted by Gasteiger charge is -2.09. The van der Waals surface area contributed by atoms with Crippen LogP contribution in [0.2, 0.25) is 0 Å². The van der Waals surface area contributed by atoms with Crippen molar-refractivity contribution in [1.29, 1.82) is 0 Å². The van der Waals surface area contributed by atoms with Gasteiger partial charge in [-0.3, -0.25) is 0 Å². The summed E-state index contributed by atoms with van der Waals surface area (Å²) in [5.41, 5.74) is 2.58. The molecule has 6 nitrogen and oxygen atoms in total. The Morgan fingerprint density at radius 3 is 2.09 bits per heavy atom. The van der Waals surface area contributed by atoms with Crippen molar-refractivity contribution in [2.45, 2.75) is 0 Å². The van der Waals surface area contributed by atoms with Gasteiger partial charge < -0.3 is 18.3 Å². The highest BCUT2D eigenvalue weighted by molar-refractivity contribution is 5.96. The molecule has 5 aromatic rings. The fourth-order valence-electron chi connectivity index (χ4n) is 3.76. The molecule has 3 aromatic carbocycles. The van der Waals surface area contributed by atoms with Crippen LogP contribution in [0.1, 0.15) is 0 Å². The summed E-state index contributed by atoms with van der Waals surface area (Å²) < 4.78 is 21.3. The fraction of sp³-hybridized carbons (Fsp3) is 0.0769. The molecule has 0 N–H and O–H groups in total. The van der Waals surface area contributed by atoms with E-state index in [0.717, 1.165) is 10.9 Å². The molecule has 32 heavy (non-hydrogen) atoms. The zero-order valence-electron chi connectivity index (χ0n) is 17.4. The van der Waals surface area contributed by atoms with E-state index >= 15 is 0 Å². The molecule has 2 aromatic heterocycles. The first kappa shape index (κ1) is 19.6. The van der Waals surface area contributed by atoms with E-state index in [0.29, 0.717) is 44.7 Å². The van der Waals surface area contributed by atoms with Gasteiger partial charge in [-0.15, -0.1) is 0 Å². The molecule has 5 rings (SSSR count). The summed E-state index contributed by atoms with van der Waals surface area (Å²) in [5.74, 6) is 1.32. The standard InChI is InChI=1S/C26H18O6/c1-29-18-7-3-15(4-8-18)20-14-25(27)31-23-10-6-16(11-22(20)23)21-12-17-5-9-19(30-2)13-24(17)32-26(21)28/h3-14H,1-2H3. The molecule has 0 saturated heterocycles. The Kier molecular flexibility index (Phi) is 4.75. The van der Waals surface area contributed by atoms with Crippen LogP contribution in [0.4, 0.5) is 0 Å². The zero-order valence-corrected chi connectivity index (χ0v) is 17.4. The maximum Gasteiger partial charge on any atom is 0.344 e. The predicted octanol–water partition coefficient (Wildman–Crippen LogP) is 5.25. The van der Waals surface area contributed by atoms with Crippen LogP contribution in [0.25, 0.3) is 44.2 Å². The van der Waals surface area contributed by atoms with Crippen LogP contribution in [0, 0.1) is 0 Å². The second kappa shape index (κ2) is 7.74. The summed E-state index contributed by atoms with van der Waals surface area (Å²) in [6.07, 6.45) is 0. The van der Waals surface area contributed by atoms with E-state index in [4.69, 9.17) is 18.3 Å². The summed E-state index contributed by atoms with van der Waals surface area (Å²) >= 11 is 0. The number of benzene rings is 3. The first-order valence-corrected chi connectivity index (χ1v) is 9.90. The number of hydrogen-bond donors (Lipinski definition) is 0. The van der Waals surface area contributed by atoms with Crippen molar-refractivity contribution in [3.63, 3.8) is 0 Å². The molecule has 0 saturated carbocycles. The SMILES string of the molecule is COc1ccc(-c2cc(=O)oc3ccc(-c4cc5ccc(OC)cc5oc4=O)cc23)cc1. The Morgan fingerprint density at radius 1 is 0.625 bits per heavy atom. The molecule has 0 unspecified atom stereocenters. The lowest BCUT2D eigenvalue weighted by atomic mass is 9.98. The zero-order chi connectivity index (χ0) is 22.2. The lowest BCUT2D eigenvalue weighted by Crippen LogP contribution is -2.03. The third-order valence-electron chi connectivity index (χ3n) is 5.40. The van der Waals surface area contributed by atoms with E-state index in [9.17, 15) is 9.59 Å². The van der Waals surface area contributed by atoms with Gasteiger partial charge >= 0.3 is 11.3 Å². The quantitative estimate of drug-likeness (QED) is 0.365. The summed E-state index contributed by atoms with van der Waals surface area (Å²) in [7, 11) is 3.15. The Labute approximate surface area is 182 Å². The smallest absolute Gasteiger partial charge is 0.344 e. The highest BCUT2D eigenvalue weighted by Gasteiger charge is 2.13. The maximum atomic E-state index is 12.8. The van der Waals surface area contributed by atoms with E-state index < -0.39 is 11.3 Å². The van der Waals surface area contributed by atoms with Crippen LogP contribution in [-0.4, -0.2) is 14.2 Å². The molecule has 0 spiro atoms. The molecule has 158 valence electrons. The summed E-state index contributed by atoms with van der Waals surface area (Å²) in [6.45, 7) is 0. The summed E-state index contributed by atoms with van der Waals surface area (Å²) in [5, 5.41) is 1.48. The normalized spacial score (nSPS) is 11.1. The molecule has 0 atom stereocenters. The Balaban J connectivity index is 1.70. The number of ether oxygens (including phenoxy) is 2.